The van der Waals surface area contributed by atoms with Gasteiger partial charge in [0.05, 0.1) is 19.3 Å². The Hall–Kier alpha value is -0.980. The summed E-state index contributed by atoms with van der Waals surface area (Å²) >= 11 is 0. The maximum atomic E-state index is 11.7. The van der Waals surface area contributed by atoms with Crippen LogP contribution in [0.4, 0.5) is 0 Å². The van der Waals surface area contributed by atoms with Gasteiger partial charge in [-0.1, -0.05) is 0 Å². The van der Waals surface area contributed by atoms with Crippen LogP contribution in [0, 0.1) is 11.8 Å². The molecule has 1 fully saturated rings. The van der Waals surface area contributed by atoms with Gasteiger partial charge < -0.3 is 19.3 Å². The van der Waals surface area contributed by atoms with E-state index in [9.17, 15) is 9.59 Å². The fourth-order valence-electron chi connectivity index (χ4n) is 2.51. The number of Topliss-reactive ketones (excluding diaryl/α,β-unsaturated/α-hetero) is 1. The van der Waals surface area contributed by atoms with Crippen LogP contribution in [-0.2, 0) is 23.8 Å². The van der Waals surface area contributed by atoms with Crippen LogP contribution in [0.2, 0.25) is 0 Å². The molecule has 0 radical (unpaired) electrons. The van der Waals surface area contributed by atoms with Crippen LogP contribution < -0.4 is 0 Å². The van der Waals surface area contributed by atoms with Crippen LogP contribution in [0.15, 0.2) is 0 Å². The van der Waals surface area contributed by atoms with E-state index in [0.29, 0.717) is 12.8 Å². The predicted octanol–water partition coefficient (Wildman–Crippen LogP) is -0.223. The van der Waals surface area contributed by atoms with Gasteiger partial charge in [-0.05, 0) is 12.8 Å². The minimum Gasteiger partial charge on any atom is -0.469 e. The first-order valence-corrected chi connectivity index (χ1v) is 5.86. The van der Waals surface area contributed by atoms with Gasteiger partial charge in [-0.2, -0.15) is 0 Å². The first-order valence-electron chi connectivity index (χ1n) is 5.86. The van der Waals surface area contributed by atoms with E-state index in [0.717, 1.165) is 0 Å². The van der Waals surface area contributed by atoms with Crippen LogP contribution in [-0.4, -0.2) is 57.0 Å². The number of carbonyl (C=O) groups excluding carboxylic acids is 2. The van der Waals surface area contributed by atoms with Crippen molar-refractivity contribution in [3.05, 3.63) is 0 Å². The number of aliphatic hydroxyl groups excluding tert-OH is 1. The van der Waals surface area contributed by atoms with Crippen LogP contribution in [0.25, 0.3) is 0 Å². The van der Waals surface area contributed by atoms with Crippen LogP contribution in [0.1, 0.15) is 12.8 Å². The molecule has 0 saturated heterocycles. The summed E-state index contributed by atoms with van der Waals surface area (Å²) < 4.78 is 15.3. The van der Waals surface area contributed by atoms with Crippen molar-refractivity contribution in [3.8, 4) is 0 Å². The molecule has 0 aromatic carbocycles. The van der Waals surface area contributed by atoms with Crippen molar-refractivity contribution in [2.75, 3.05) is 27.9 Å². The van der Waals surface area contributed by atoms with Gasteiger partial charge in [0, 0.05) is 20.1 Å². The fraction of sp³-hybridized carbons (Fsp3) is 0.833. The zero-order chi connectivity index (χ0) is 13.7. The third-order valence-corrected chi connectivity index (χ3v) is 3.52. The molecule has 4 atom stereocenters. The van der Waals surface area contributed by atoms with E-state index in [4.69, 9.17) is 19.3 Å². The molecular weight excluding hydrogens is 240 g/mol. The summed E-state index contributed by atoms with van der Waals surface area (Å²) in [7, 11) is 4.28. The normalized spacial score (nSPS) is 32.0. The monoisotopic (exact) mass is 260 g/mol. The van der Waals surface area contributed by atoms with Crippen molar-refractivity contribution in [2.45, 2.75) is 25.0 Å². The molecule has 0 aromatic heterocycles. The molecule has 18 heavy (non-hydrogen) atoms. The highest BCUT2D eigenvalue weighted by molar-refractivity contribution is 5.83. The summed E-state index contributed by atoms with van der Waals surface area (Å²) in [5.41, 5.74) is 0. The molecule has 1 saturated carbocycles. The molecule has 1 aliphatic rings. The van der Waals surface area contributed by atoms with Crippen LogP contribution in [0.5, 0.6) is 0 Å². The SMILES string of the molecule is COC(=O)C1[C@@H](OC)CC(C(=O)CO)C[C@H]1OC. The number of ketones is 1. The lowest BCUT2D eigenvalue weighted by Crippen LogP contribution is -2.48. The number of ether oxygens (including phenoxy) is 3. The zero-order valence-electron chi connectivity index (χ0n) is 10.9. The number of carbonyl (C=O) groups is 2. The van der Waals surface area contributed by atoms with Gasteiger partial charge in [0.25, 0.3) is 0 Å². The van der Waals surface area contributed by atoms with Crippen molar-refractivity contribution in [2.24, 2.45) is 11.8 Å². The van der Waals surface area contributed by atoms with E-state index < -0.39 is 30.7 Å². The van der Waals surface area contributed by atoms with Crippen LogP contribution >= 0.6 is 0 Å². The molecule has 0 amide bonds. The average molecular weight is 260 g/mol. The minimum absolute atomic E-state index is 0.248. The molecule has 2 unspecified atom stereocenters. The van der Waals surface area contributed by atoms with Gasteiger partial charge in [0.1, 0.15) is 12.5 Å². The smallest absolute Gasteiger partial charge is 0.313 e. The fourth-order valence-corrected chi connectivity index (χ4v) is 2.51. The zero-order valence-corrected chi connectivity index (χ0v) is 10.9. The van der Waals surface area contributed by atoms with E-state index in [1.54, 1.807) is 0 Å². The molecule has 0 spiro atoms. The molecule has 104 valence electrons. The van der Waals surface area contributed by atoms with Gasteiger partial charge >= 0.3 is 5.97 Å². The Bertz CT molecular complexity index is 289. The van der Waals surface area contributed by atoms with Crippen molar-refractivity contribution in [3.63, 3.8) is 0 Å². The quantitative estimate of drug-likeness (QED) is 0.688. The van der Waals surface area contributed by atoms with E-state index in [1.807, 2.05) is 0 Å². The molecule has 0 aromatic rings. The summed E-state index contributed by atoms with van der Waals surface area (Å²) in [5.74, 6) is -1.52. The third kappa shape index (κ3) is 3.07. The first kappa shape index (κ1) is 15.1. The third-order valence-electron chi connectivity index (χ3n) is 3.52. The van der Waals surface area contributed by atoms with E-state index in [2.05, 4.69) is 0 Å². The molecule has 0 aliphatic heterocycles. The Morgan fingerprint density at radius 2 is 1.61 bits per heavy atom. The Labute approximate surface area is 106 Å². The molecule has 0 heterocycles. The topological polar surface area (TPSA) is 82.1 Å². The summed E-state index contributed by atoms with van der Waals surface area (Å²) in [6.07, 6.45) is -0.0706. The number of hydrogen-bond acceptors (Lipinski definition) is 6. The maximum absolute atomic E-state index is 11.7. The lowest BCUT2D eigenvalue weighted by Gasteiger charge is -2.38. The summed E-state index contributed by atoms with van der Waals surface area (Å²) in [5, 5.41) is 8.90. The Morgan fingerprint density at radius 1 is 1.11 bits per heavy atom. The molecular formula is C12H20O6. The van der Waals surface area contributed by atoms with Crippen LogP contribution in [0.3, 0.4) is 0 Å². The van der Waals surface area contributed by atoms with Gasteiger partial charge in [0.2, 0.25) is 0 Å². The number of aliphatic hydroxyl groups is 1. The highest BCUT2D eigenvalue weighted by Crippen LogP contribution is 2.34. The van der Waals surface area contributed by atoms with Gasteiger partial charge in [0.15, 0.2) is 5.78 Å². The van der Waals surface area contributed by atoms with Crippen molar-refractivity contribution in [1.82, 2.24) is 0 Å². The Morgan fingerprint density at radius 3 is 1.94 bits per heavy atom. The molecule has 6 nitrogen and oxygen atoms in total. The van der Waals surface area contributed by atoms with E-state index in [-0.39, 0.29) is 11.7 Å². The minimum atomic E-state index is -0.534. The van der Waals surface area contributed by atoms with Gasteiger partial charge in [-0.3, -0.25) is 9.59 Å². The highest BCUT2D eigenvalue weighted by Gasteiger charge is 2.45. The van der Waals surface area contributed by atoms with E-state index in [1.165, 1.54) is 21.3 Å². The molecule has 1 aliphatic carbocycles. The predicted molar refractivity (Wildman–Crippen MR) is 61.9 cm³/mol. The number of rotatable bonds is 5. The number of methoxy groups -OCH3 is 3. The Kier molecular flexibility index (Phi) is 5.71. The summed E-state index contributed by atoms with van der Waals surface area (Å²) in [6, 6.07) is 0. The number of hydrogen-bond donors (Lipinski definition) is 1. The van der Waals surface area contributed by atoms with Crippen molar-refractivity contribution < 1.29 is 28.9 Å². The standard InChI is InChI=1S/C12H20O6/c1-16-9-4-7(8(14)6-13)5-10(17-2)11(9)12(15)18-3/h7,9-11,13H,4-6H2,1-3H3/t7?,9-,10+,11?. The average Bonchev–Trinajstić information content (AvgIpc) is 2.43. The molecule has 1 N–H and O–H groups in total. The summed E-state index contributed by atoms with van der Waals surface area (Å²) in [4.78, 5) is 23.3. The highest BCUT2D eigenvalue weighted by atomic mass is 16.5. The van der Waals surface area contributed by atoms with E-state index >= 15 is 0 Å². The molecule has 0 bridgehead atoms. The lowest BCUT2D eigenvalue weighted by atomic mass is 9.76. The van der Waals surface area contributed by atoms with Crippen molar-refractivity contribution in [1.29, 1.82) is 0 Å². The molecule has 1 rings (SSSR count). The molecule has 6 heteroatoms. The summed E-state index contributed by atoms with van der Waals surface area (Å²) in [6.45, 7) is -0.500. The second-order valence-electron chi connectivity index (χ2n) is 4.39. The first-order chi connectivity index (χ1) is 8.58. The van der Waals surface area contributed by atoms with Crippen molar-refractivity contribution >= 4 is 11.8 Å². The van der Waals surface area contributed by atoms with Gasteiger partial charge in [-0.25, -0.2) is 0 Å². The maximum Gasteiger partial charge on any atom is 0.313 e. The Balaban J connectivity index is 2.87. The lowest BCUT2D eigenvalue weighted by molar-refractivity contribution is -0.166. The van der Waals surface area contributed by atoms with Gasteiger partial charge in [-0.15, -0.1) is 0 Å². The second kappa shape index (κ2) is 6.82. The largest absolute Gasteiger partial charge is 0.469 e. The second-order valence-corrected chi connectivity index (χ2v) is 4.39. The number of esters is 1.